The van der Waals surface area contributed by atoms with E-state index in [0.717, 1.165) is 28.1 Å². The first-order valence-corrected chi connectivity index (χ1v) is 10.3. The van der Waals surface area contributed by atoms with Crippen LogP contribution in [0.15, 0.2) is 107 Å². The summed E-state index contributed by atoms with van der Waals surface area (Å²) in [5.41, 5.74) is 7.25. The van der Waals surface area contributed by atoms with Crippen LogP contribution >= 0.6 is 0 Å². The first-order chi connectivity index (χ1) is 16.3. The number of hydrogen-bond donors (Lipinski definition) is 2. The van der Waals surface area contributed by atoms with Crippen molar-refractivity contribution in [1.29, 1.82) is 0 Å². The molecule has 0 aliphatic carbocycles. The van der Waals surface area contributed by atoms with Crippen LogP contribution in [0.2, 0.25) is 0 Å². The number of oxazole rings is 1. The number of rotatable bonds is 6. The summed E-state index contributed by atoms with van der Waals surface area (Å²) in [5.74, 6) is 0.310. The van der Waals surface area contributed by atoms with Gasteiger partial charge in [-0.25, -0.2) is 20.4 Å². The molecule has 2 N–H and O–H groups in total. The molecule has 33 heavy (non-hydrogen) atoms. The van der Waals surface area contributed by atoms with Crippen molar-refractivity contribution in [2.45, 2.75) is 0 Å². The van der Waals surface area contributed by atoms with Gasteiger partial charge in [0, 0.05) is 16.7 Å². The predicted octanol–water partition coefficient (Wildman–Crippen LogP) is 5.62. The molecule has 0 saturated heterocycles. The Labute approximate surface area is 190 Å². The van der Waals surface area contributed by atoms with Crippen molar-refractivity contribution in [3.05, 3.63) is 103 Å². The molecule has 0 aliphatic rings. The molecule has 160 valence electrons. The summed E-state index contributed by atoms with van der Waals surface area (Å²) in [6, 6.07) is 31.0. The quantitative estimate of drug-likeness (QED) is 0.267. The van der Waals surface area contributed by atoms with Gasteiger partial charge in [0.2, 0.25) is 11.8 Å². The maximum atomic E-state index is 10.1. The molecule has 0 amide bonds. The molecule has 0 unspecified atom stereocenters. The normalized spacial score (nSPS) is 11.0. The number of anilines is 1. The second-order valence-corrected chi connectivity index (χ2v) is 7.14. The number of aromatic hydroxyl groups is 1. The minimum Gasteiger partial charge on any atom is -0.479 e. The van der Waals surface area contributed by atoms with Crippen molar-refractivity contribution in [1.82, 2.24) is 15.0 Å². The first kappa shape index (κ1) is 20.1. The van der Waals surface area contributed by atoms with E-state index in [4.69, 9.17) is 4.42 Å². The molecule has 2 aromatic heterocycles. The van der Waals surface area contributed by atoms with Gasteiger partial charge in [0.05, 0.1) is 17.6 Å². The minimum absolute atomic E-state index is 0.198. The molecular formula is C26H19N5O2. The Hall–Kier alpha value is -4.78. The maximum Gasteiger partial charge on any atom is 0.312 e. The summed E-state index contributed by atoms with van der Waals surface area (Å²) in [4.78, 5) is 13.5. The highest BCUT2D eigenvalue weighted by atomic mass is 16.5. The zero-order valence-corrected chi connectivity index (χ0v) is 17.5. The molecule has 0 radical (unpaired) electrons. The lowest BCUT2D eigenvalue weighted by Crippen LogP contribution is -2.00. The zero-order chi connectivity index (χ0) is 22.5. The summed E-state index contributed by atoms with van der Waals surface area (Å²) in [5, 5.41) is 14.3. The monoisotopic (exact) mass is 433 g/mol. The third-order valence-electron chi connectivity index (χ3n) is 4.87. The van der Waals surface area contributed by atoms with E-state index in [9.17, 15) is 5.11 Å². The third kappa shape index (κ3) is 4.62. The van der Waals surface area contributed by atoms with Gasteiger partial charge in [-0.3, -0.25) is 0 Å². The van der Waals surface area contributed by atoms with Crippen molar-refractivity contribution >= 4 is 12.2 Å². The van der Waals surface area contributed by atoms with Crippen LogP contribution in [0.3, 0.4) is 0 Å². The van der Waals surface area contributed by atoms with Crippen LogP contribution < -0.4 is 5.43 Å². The predicted molar refractivity (Wildman–Crippen MR) is 128 cm³/mol. The lowest BCUT2D eigenvalue weighted by molar-refractivity contribution is 0.337. The Morgan fingerprint density at radius 3 is 1.76 bits per heavy atom. The molecule has 2 heterocycles. The van der Waals surface area contributed by atoms with E-state index in [-0.39, 0.29) is 11.6 Å². The van der Waals surface area contributed by atoms with Crippen LogP contribution in [0, 0.1) is 0 Å². The highest BCUT2D eigenvalue weighted by molar-refractivity contribution is 5.81. The zero-order valence-electron chi connectivity index (χ0n) is 17.5. The van der Waals surface area contributed by atoms with E-state index < -0.39 is 0 Å². The molecule has 0 fully saturated rings. The molecule has 3 aromatic carbocycles. The van der Waals surface area contributed by atoms with Gasteiger partial charge in [0.25, 0.3) is 0 Å². The number of hydrazone groups is 1. The summed E-state index contributed by atoms with van der Waals surface area (Å²) in [6.45, 7) is 0. The number of nitrogens with zero attached hydrogens (tertiary/aromatic N) is 4. The first-order valence-electron chi connectivity index (χ1n) is 10.3. The standard InChI is InChI=1S/C26H19N5O2/c32-25-23(28-24(33-25)20-14-8-3-9-15-20)17-27-31-26-29-21(18-10-4-1-5-11-18)16-22(30-26)19-12-6-2-7-13-19/h1-17,32H,(H,29,30,31)/b27-17+. The van der Waals surface area contributed by atoms with Crippen molar-refractivity contribution < 1.29 is 9.52 Å². The molecule has 5 rings (SSSR count). The number of nitrogens with one attached hydrogen (secondary N) is 1. The maximum absolute atomic E-state index is 10.1. The summed E-state index contributed by atoms with van der Waals surface area (Å²) in [7, 11) is 0. The van der Waals surface area contributed by atoms with Crippen LogP contribution in [0.1, 0.15) is 5.69 Å². The Morgan fingerprint density at radius 2 is 1.21 bits per heavy atom. The van der Waals surface area contributed by atoms with Crippen LogP contribution in [-0.4, -0.2) is 26.3 Å². The largest absolute Gasteiger partial charge is 0.479 e. The highest BCUT2D eigenvalue weighted by Gasteiger charge is 2.12. The van der Waals surface area contributed by atoms with E-state index in [2.05, 4.69) is 25.5 Å². The molecule has 0 bridgehead atoms. The van der Waals surface area contributed by atoms with E-state index in [1.807, 2.05) is 97.1 Å². The van der Waals surface area contributed by atoms with Gasteiger partial charge in [-0.05, 0) is 18.2 Å². The molecule has 0 saturated carbocycles. The Morgan fingerprint density at radius 1 is 0.697 bits per heavy atom. The number of aromatic nitrogens is 3. The molecule has 7 heteroatoms. The molecule has 7 nitrogen and oxygen atoms in total. The Bertz CT molecular complexity index is 1330. The fourth-order valence-corrected chi connectivity index (χ4v) is 3.27. The van der Waals surface area contributed by atoms with E-state index >= 15 is 0 Å². The van der Waals surface area contributed by atoms with Gasteiger partial charge < -0.3 is 9.52 Å². The molecule has 0 spiro atoms. The number of hydrogen-bond acceptors (Lipinski definition) is 7. The topological polar surface area (TPSA) is 96.4 Å². The van der Waals surface area contributed by atoms with E-state index in [1.165, 1.54) is 6.21 Å². The fourth-order valence-electron chi connectivity index (χ4n) is 3.27. The van der Waals surface area contributed by atoms with Crippen molar-refractivity contribution in [3.63, 3.8) is 0 Å². The van der Waals surface area contributed by atoms with Crippen LogP contribution in [-0.2, 0) is 0 Å². The average molecular weight is 433 g/mol. The molecular weight excluding hydrogens is 414 g/mol. The van der Waals surface area contributed by atoms with Crippen molar-refractivity contribution in [2.24, 2.45) is 5.10 Å². The van der Waals surface area contributed by atoms with E-state index in [1.54, 1.807) is 0 Å². The second-order valence-electron chi connectivity index (χ2n) is 7.14. The van der Waals surface area contributed by atoms with Gasteiger partial charge in [0.1, 0.15) is 0 Å². The highest BCUT2D eigenvalue weighted by Crippen LogP contribution is 2.26. The number of benzene rings is 3. The second kappa shape index (κ2) is 9.15. The van der Waals surface area contributed by atoms with Gasteiger partial charge >= 0.3 is 5.95 Å². The summed E-state index contributed by atoms with van der Waals surface area (Å²) < 4.78 is 5.35. The Kier molecular flexibility index (Phi) is 5.59. The van der Waals surface area contributed by atoms with Crippen LogP contribution in [0.25, 0.3) is 34.0 Å². The van der Waals surface area contributed by atoms with Crippen molar-refractivity contribution in [2.75, 3.05) is 5.43 Å². The average Bonchev–Trinajstić information content (AvgIpc) is 3.26. The lowest BCUT2D eigenvalue weighted by atomic mass is 10.1. The Balaban J connectivity index is 1.44. The summed E-state index contributed by atoms with van der Waals surface area (Å²) >= 11 is 0. The van der Waals surface area contributed by atoms with Crippen LogP contribution in [0.4, 0.5) is 5.95 Å². The SMILES string of the molecule is Oc1oc(-c2ccccc2)nc1/C=N/Nc1nc(-c2ccccc2)cc(-c2ccccc2)n1. The molecule has 0 atom stereocenters. The smallest absolute Gasteiger partial charge is 0.312 e. The summed E-state index contributed by atoms with van der Waals surface area (Å²) in [6.07, 6.45) is 1.37. The van der Waals surface area contributed by atoms with Gasteiger partial charge in [0.15, 0.2) is 5.69 Å². The lowest BCUT2D eigenvalue weighted by Gasteiger charge is -2.08. The van der Waals surface area contributed by atoms with Crippen LogP contribution in [0.5, 0.6) is 5.95 Å². The van der Waals surface area contributed by atoms with Gasteiger partial charge in [-0.15, -0.1) is 0 Å². The molecule has 5 aromatic rings. The third-order valence-corrected chi connectivity index (χ3v) is 4.87. The van der Waals surface area contributed by atoms with E-state index in [0.29, 0.717) is 11.8 Å². The van der Waals surface area contributed by atoms with Gasteiger partial charge in [-0.2, -0.15) is 5.10 Å². The minimum atomic E-state index is -0.316. The fraction of sp³-hybridized carbons (Fsp3) is 0. The van der Waals surface area contributed by atoms with Gasteiger partial charge in [-0.1, -0.05) is 78.9 Å². The molecule has 0 aliphatic heterocycles. The van der Waals surface area contributed by atoms with Crippen molar-refractivity contribution in [3.8, 4) is 39.9 Å².